The Kier molecular flexibility index (Phi) is 2.31. The topological polar surface area (TPSA) is 12.0 Å². The summed E-state index contributed by atoms with van der Waals surface area (Å²) in [6.45, 7) is 0. The van der Waals surface area contributed by atoms with Gasteiger partial charge in [-0.25, -0.2) is 0 Å². The predicted molar refractivity (Wildman–Crippen MR) is 51.2 cm³/mol. The molecule has 0 unspecified atom stereocenters. The number of hydrogen-bond acceptors (Lipinski definition) is 1. The molecule has 1 aliphatic rings. The second kappa shape index (κ2) is 3.61. The van der Waals surface area contributed by atoms with Gasteiger partial charge in [0.15, 0.2) is 0 Å². The van der Waals surface area contributed by atoms with Crippen molar-refractivity contribution in [2.75, 3.05) is 5.32 Å². The maximum Gasteiger partial charge on any atom is 0.0348 e. The van der Waals surface area contributed by atoms with Gasteiger partial charge >= 0.3 is 0 Å². The highest BCUT2D eigenvalue weighted by Crippen LogP contribution is 2.21. The summed E-state index contributed by atoms with van der Waals surface area (Å²) in [7, 11) is 0. The highest BCUT2D eigenvalue weighted by atomic mass is 14.9. The van der Waals surface area contributed by atoms with Crippen LogP contribution in [-0.2, 0) is 0 Å². The number of hydrogen-bond donors (Lipinski definition) is 1. The molecule has 1 fully saturated rings. The average molecular weight is 160 g/mol. The Labute approximate surface area is 73.8 Å². The van der Waals surface area contributed by atoms with Gasteiger partial charge in [-0.3, -0.25) is 0 Å². The van der Waals surface area contributed by atoms with E-state index in [9.17, 15) is 0 Å². The van der Waals surface area contributed by atoms with E-state index >= 15 is 0 Å². The lowest BCUT2D eigenvalue weighted by Crippen LogP contribution is -2.13. The first-order valence-corrected chi connectivity index (χ1v) is 4.68. The summed E-state index contributed by atoms with van der Waals surface area (Å²) in [6, 6.07) is 11.9. The number of anilines is 1. The minimum Gasteiger partial charge on any atom is -0.382 e. The molecule has 0 atom stereocenters. The molecule has 1 radical (unpaired) electrons. The van der Waals surface area contributed by atoms with Crippen molar-refractivity contribution in [3.63, 3.8) is 0 Å². The van der Waals surface area contributed by atoms with Crippen LogP contribution in [0.15, 0.2) is 24.3 Å². The molecule has 1 aromatic carbocycles. The van der Waals surface area contributed by atoms with E-state index in [1.165, 1.54) is 31.4 Å². The fraction of sp³-hybridized carbons (Fsp3) is 0.455. The molecule has 12 heavy (non-hydrogen) atoms. The zero-order valence-corrected chi connectivity index (χ0v) is 7.22. The van der Waals surface area contributed by atoms with Gasteiger partial charge in [0.1, 0.15) is 0 Å². The van der Waals surface area contributed by atoms with E-state index in [0.29, 0.717) is 6.04 Å². The lowest BCUT2D eigenvalue weighted by Gasteiger charge is -2.12. The fourth-order valence-corrected chi connectivity index (χ4v) is 1.79. The van der Waals surface area contributed by atoms with Crippen LogP contribution in [0.2, 0.25) is 0 Å². The molecule has 1 heteroatoms. The molecule has 1 N–H and O–H groups in total. The Morgan fingerprint density at radius 2 is 2.17 bits per heavy atom. The highest BCUT2D eigenvalue weighted by molar-refractivity contribution is 5.43. The Bertz CT molecular complexity index is 224. The van der Waals surface area contributed by atoms with Gasteiger partial charge < -0.3 is 5.32 Å². The first-order chi connectivity index (χ1) is 5.95. The average Bonchev–Trinajstić information content (AvgIpc) is 2.59. The molecule has 0 aliphatic heterocycles. The third-order valence-electron chi connectivity index (χ3n) is 2.43. The van der Waals surface area contributed by atoms with Crippen LogP contribution in [0, 0.1) is 6.07 Å². The minimum atomic E-state index is 0.709. The maximum atomic E-state index is 3.51. The quantitative estimate of drug-likeness (QED) is 0.701. The van der Waals surface area contributed by atoms with E-state index in [1.54, 1.807) is 0 Å². The largest absolute Gasteiger partial charge is 0.382 e. The van der Waals surface area contributed by atoms with E-state index < -0.39 is 0 Å². The summed E-state index contributed by atoms with van der Waals surface area (Å²) in [6.07, 6.45) is 5.42. The third kappa shape index (κ3) is 1.79. The Hall–Kier alpha value is -0.980. The van der Waals surface area contributed by atoms with Gasteiger partial charge in [0.25, 0.3) is 0 Å². The van der Waals surface area contributed by atoms with E-state index in [-0.39, 0.29) is 0 Å². The van der Waals surface area contributed by atoms with Gasteiger partial charge in [-0.2, -0.15) is 0 Å². The molecular weight excluding hydrogens is 146 g/mol. The molecule has 0 saturated heterocycles. The molecular formula is C11H14N. The van der Waals surface area contributed by atoms with E-state index in [4.69, 9.17) is 0 Å². The summed E-state index contributed by atoms with van der Waals surface area (Å²) >= 11 is 0. The van der Waals surface area contributed by atoms with E-state index in [1.807, 2.05) is 18.2 Å². The molecule has 2 rings (SSSR count). The van der Waals surface area contributed by atoms with Crippen LogP contribution >= 0.6 is 0 Å². The zero-order valence-electron chi connectivity index (χ0n) is 7.22. The van der Waals surface area contributed by atoms with Crippen molar-refractivity contribution >= 4 is 5.69 Å². The summed E-state index contributed by atoms with van der Waals surface area (Å²) in [4.78, 5) is 0. The maximum absolute atomic E-state index is 3.51. The van der Waals surface area contributed by atoms with Crippen molar-refractivity contribution in [3.8, 4) is 0 Å². The fourth-order valence-electron chi connectivity index (χ4n) is 1.79. The molecule has 1 aromatic rings. The van der Waals surface area contributed by atoms with Crippen LogP contribution in [0.4, 0.5) is 5.69 Å². The van der Waals surface area contributed by atoms with Gasteiger partial charge in [-0.15, -0.1) is 0 Å². The summed E-state index contributed by atoms with van der Waals surface area (Å²) in [5.74, 6) is 0. The first-order valence-electron chi connectivity index (χ1n) is 4.68. The van der Waals surface area contributed by atoms with Gasteiger partial charge in [0.05, 0.1) is 0 Å². The number of benzene rings is 1. The molecule has 1 aliphatic carbocycles. The van der Waals surface area contributed by atoms with Gasteiger partial charge in [0, 0.05) is 11.7 Å². The smallest absolute Gasteiger partial charge is 0.0348 e. The standard InChI is InChI=1S/C11H14N/c1-2-6-10(7-3-1)12-11-8-4-5-9-11/h1-2,6-7,11-12H,4-5,8-9H2. The van der Waals surface area contributed by atoms with Crippen LogP contribution in [0.1, 0.15) is 25.7 Å². The van der Waals surface area contributed by atoms with Crippen molar-refractivity contribution in [1.82, 2.24) is 0 Å². The highest BCUT2D eigenvalue weighted by Gasteiger charge is 2.13. The van der Waals surface area contributed by atoms with Crippen molar-refractivity contribution in [1.29, 1.82) is 0 Å². The SMILES string of the molecule is [c]1cccc(NC2CCCC2)c1. The second-order valence-electron chi connectivity index (χ2n) is 3.42. The van der Waals surface area contributed by atoms with Crippen LogP contribution in [-0.4, -0.2) is 6.04 Å². The predicted octanol–water partition coefficient (Wildman–Crippen LogP) is 2.84. The van der Waals surface area contributed by atoms with Crippen LogP contribution in [0.5, 0.6) is 0 Å². The van der Waals surface area contributed by atoms with Crippen molar-refractivity contribution in [3.05, 3.63) is 30.3 Å². The molecule has 0 aromatic heterocycles. The Balaban J connectivity index is 1.94. The first kappa shape index (κ1) is 7.66. The molecule has 1 nitrogen and oxygen atoms in total. The van der Waals surface area contributed by atoms with E-state index in [0.717, 1.165) is 0 Å². The zero-order chi connectivity index (χ0) is 8.23. The molecule has 0 amide bonds. The van der Waals surface area contributed by atoms with Gasteiger partial charge in [-0.1, -0.05) is 25.0 Å². The minimum absolute atomic E-state index is 0.709. The van der Waals surface area contributed by atoms with Crippen LogP contribution in [0.25, 0.3) is 0 Å². The van der Waals surface area contributed by atoms with E-state index in [2.05, 4.69) is 17.4 Å². The number of nitrogens with one attached hydrogen (secondary N) is 1. The summed E-state index contributed by atoms with van der Waals surface area (Å²) in [5.41, 5.74) is 1.21. The summed E-state index contributed by atoms with van der Waals surface area (Å²) in [5, 5.41) is 3.51. The lowest BCUT2D eigenvalue weighted by molar-refractivity contribution is 0.755. The lowest BCUT2D eigenvalue weighted by atomic mass is 10.2. The van der Waals surface area contributed by atoms with Gasteiger partial charge in [-0.05, 0) is 31.0 Å². The van der Waals surface area contributed by atoms with Crippen molar-refractivity contribution in [2.45, 2.75) is 31.7 Å². The second-order valence-corrected chi connectivity index (χ2v) is 3.42. The molecule has 0 heterocycles. The monoisotopic (exact) mass is 160 g/mol. The van der Waals surface area contributed by atoms with Crippen LogP contribution in [0.3, 0.4) is 0 Å². The Morgan fingerprint density at radius 3 is 2.83 bits per heavy atom. The van der Waals surface area contributed by atoms with Crippen molar-refractivity contribution < 1.29 is 0 Å². The number of rotatable bonds is 2. The summed E-state index contributed by atoms with van der Waals surface area (Å²) < 4.78 is 0. The Morgan fingerprint density at radius 1 is 1.33 bits per heavy atom. The van der Waals surface area contributed by atoms with Gasteiger partial charge in [0.2, 0.25) is 0 Å². The molecule has 63 valence electrons. The molecule has 1 saturated carbocycles. The molecule has 0 spiro atoms. The normalized spacial score (nSPS) is 18.0. The molecule has 0 bridgehead atoms. The van der Waals surface area contributed by atoms with Crippen LogP contribution < -0.4 is 5.32 Å². The van der Waals surface area contributed by atoms with Crippen molar-refractivity contribution in [2.24, 2.45) is 0 Å². The third-order valence-corrected chi connectivity index (χ3v) is 2.43.